The third-order valence-corrected chi connectivity index (χ3v) is 4.33. The minimum absolute atomic E-state index is 0. The summed E-state index contributed by atoms with van der Waals surface area (Å²) in [5.74, 6) is 2.37. The van der Waals surface area contributed by atoms with Gasteiger partial charge < -0.3 is 24.8 Å². The van der Waals surface area contributed by atoms with Gasteiger partial charge in [-0.2, -0.15) is 0 Å². The highest BCUT2D eigenvalue weighted by atomic mass is 127. The number of rotatable bonds is 11. The summed E-state index contributed by atoms with van der Waals surface area (Å²) in [6, 6.07) is 14.5. The van der Waals surface area contributed by atoms with Crippen LogP contribution in [0.3, 0.4) is 0 Å². The van der Waals surface area contributed by atoms with Crippen LogP contribution in [0.2, 0.25) is 0 Å². The molecule has 2 aromatic carbocycles. The Labute approximate surface area is 197 Å². The van der Waals surface area contributed by atoms with E-state index in [0.717, 1.165) is 30.4 Å². The van der Waals surface area contributed by atoms with Crippen LogP contribution in [-0.2, 0) is 24.3 Å². The molecule has 0 atom stereocenters. The molecule has 0 spiro atoms. The maximum Gasteiger partial charge on any atom is 0.191 e. The van der Waals surface area contributed by atoms with Gasteiger partial charge in [-0.1, -0.05) is 30.3 Å². The van der Waals surface area contributed by atoms with Gasteiger partial charge in [0.1, 0.15) is 0 Å². The molecule has 0 bridgehead atoms. The van der Waals surface area contributed by atoms with Crippen molar-refractivity contribution < 1.29 is 14.2 Å². The van der Waals surface area contributed by atoms with Crippen molar-refractivity contribution in [2.75, 3.05) is 33.9 Å². The van der Waals surface area contributed by atoms with Gasteiger partial charge in [0, 0.05) is 27.2 Å². The maximum absolute atomic E-state index is 5.70. The molecule has 0 radical (unpaired) electrons. The fourth-order valence-corrected chi connectivity index (χ4v) is 2.90. The second kappa shape index (κ2) is 14.9. The summed E-state index contributed by atoms with van der Waals surface area (Å²) < 4.78 is 16.5. The van der Waals surface area contributed by atoms with Gasteiger partial charge in [0.15, 0.2) is 17.5 Å². The SMILES string of the molecule is CCOc1ccc(CCNC(=NC)NCc2ccc(COC)cc2)cc1OCC.I. The molecule has 0 aliphatic carbocycles. The van der Waals surface area contributed by atoms with E-state index in [1.807, 2.05) is 26.0 Å². The minimum atomic E-state index is 0. The van der Waals surface area contributed by atoms with E-state index in [9.17, 15) is 0 Å². The number of hydrogen-bond donors (Lipinski definition) is 2. The molecule has 30 heavy (non-hydrogen) atoms. The average molecular weight is 527 g/mol. The summed E-state index contributed by atoms with van der Waals surface area (Å²) in [7, 11) is 3.48. The third kappa shape index (κ3) is 8.79. The fraction of sp³-hybridized carbons (Fsp3) is 0.435. The Kier molecular flexibility index (Phi) is 12.9. The molecule has 0 fully saturated rings. The van der Waals surface area contributed by atoms with E-state index in [0.29, 0.717) is 26.4 Å². The van der Waals surface area contributed by atoms with Crippen molar-refractivity contribution >= 4 is 29.9 Å². The molecule has 0 aliphatic rings. The van der Waals surface area contributed by atoms with Crippen molar-refractivity contribution in [3.63, 3.8) is 0 Å². The summed E-state index contributed by atoms with van der Waals surface area (Å²) in [4.78, 5) is 4.30. The second-order valence-electron chi connectivity index (χ2n) is 6.50. The lowest BCUT2D eigenvalue weighted by Crippen LogP contribution is -2.37. The summed E-state index contributed by atoms with van der Waals surface area (Å²) in [5, 5.41) is 6.70. The first-order valence-corrected chi connectivity index (χ1v) is 10.1. The maximum atomic E-state index is 5.70. The number of methoxy groups -OCH3 is 1. The van der Waals surface area contributed by atoms with Crippen molar-refractivity contribution in [3.8, 4) is 11.5 Å². The molecule has 2 aromatic rings. The Morgan fingerprint density at radius 2 is 1.50 bits per heavy atom. The summed E-state index contributed by atoms with van der Waals surface area (Å²) >= 11 is 0. The first kappa shape index (κ1) is 26.0. The molecule has 7 heteroatoms. The van der Waals surface area contributed by atoms with Gasteiger partial charge in [-0.3, -0.25) is 4.99 Å². The number of hydrogen-bond acceptors (Lipinski definition) is 4. The lowest BCUT2D eigenvalue weighted by molar-refractivity contribution is 0.185. The predicted molar refractivity (Wildman–Crippen MR) is 133 cm³/mol. The van der Waals surface area contributed by atoms with Crippen LogP contribution >= 0.6 is 24.0 Å². The molecule has 2 rings (SSSR count). The molecule has 0 saturated heterocycles. The molecule has 0 unspecified atom stereocenters. The van der Waals surface area contributed by atoms with Gasteiger partial charge >= 0.3 is 0 Å². The van der Waals surface area contributed by atoms with Crippen molar-refractivity contribution in [2.45, 2.75) is 33.4 Å². The van der Waals surface area contributed by atoms with Gasteiger partial charge in [-0.05, 0) is 49.1 Å². The van der Waals surface area contributed by atoms with Crippen LogP contribution in [0.4, 0.5) is 0 Å². The van der Waals surface area contributed by atoms with Crippen LogP contribution < -0.4 is 20.1 Å². The van der Waals surface area contributed by atoms with Crippen LogP contribution in [0.5, 0.6) is 11.5 Å². The topological polar surface area (TPSA) is 64.1 Å². The fourth-order valence-electron chi connectivity index (χ4n) is 2.90. The summed E-state index contributed by atoms with van der Waals surface area (Å²) in [6.45, 7) is 7.30. The highest BCUT2D eigenvalue weighted by Gasteiger charge is 2.06. The number of benzene rings is 2. The van der Waals surface area contributed by atoms with Gasteiger partial charge in [0.2, 0.25) is 0 Å². The van der Waals surface area contributed by atoms with E-state index >= 15 is 0 Å². The zero-order valence-corrected chi connectivity index (χ0v) is 20.7. The van der Waals surface area contributed by atoms with Crippen molar-refractivity contribution in [1.29, 1.82) is 0 Å². The Balaban J connectivity index is 0.00000450. The van der Waals surface area contributed by atoms with E-state index < -0.39 is 0 Å². The van der Waals surface area contributed by atoms with E-state index in [1.165, 1.54) is 16.7 Å². The number of aliphatic imine (C=N–C) groups is 1. The standard InChI is InChI=1S/C23H33N3O3.HI/c1-5-28-21-12-11-18(15-22(21)29-6-2)13-14-25-23(24-3)26-16-19-7-9-20(10-8-19)17-27-4;/h7-12,15H,5-6,13-14,16-17H2,1-4H3,(H2,24,25,26);1H. The Morgan fingerprint density at radius 3 is 2.13 bits per heavy atom. The van der Waals surface area contributed by atoms with Gasteiger partial charge in [0.25, 0.3) is 0 Å². The lowest BCUT2D eigenvalue weighted by atomic mass is 10.1. The predicted octanol–water partition coefficient (Wildman–Crippen LogP) is 4.16. The molecule has 0 aromatic heterocycles. The van der Waals surface area contributed by atoms with Crippen molar-refractivity contribution in [3.05, 3.63) is 59.2 Å². The lowest BCUT2D eigenvalue weighted by Gasteiger charge is -2.14. The third-order valence-electron chi connectivity index (χ3n) is 4.33. The average Bonchev–Trinajstić information content (AvgIpc) is 2.74. The molecule has 6 nitrogen and oxygen atoms in total. The van der Waals surface area contributed by atoms with Crippen LogP contribution in [0.15, 0.2) is 47.5 Å². The van der Waals surface area contributed by atoms with Gasteiger partial charge in [-0.15, -0.1) is 24.0 Å². The molecule has 0 saturated carbocycles. The number of nitrogens with zero attached hydrogens (tertiary/aromatic N) is 1. The molecule has 0 heterocycles. The summed E-state index contributed by atoms with van der Waals surface area (Å²) in [6.07, 6.45) is 0.860. The Morgan fingerprint density at radius 1 is 0.867 bits per heavy atom. The van der Waals surface area contributed by atoms with E-state index in [-0.39, 0.29) is 24.0 Å². The highest BCUT2D eigenvalue weighted by molar-refractivity contribution is 14.0. The van der Waals surface area contributed by atoms with E-state index in [2.05, 4.69) is 46.0 Å². The van der Waals surface area contributed by atoms with Crippen molar-refractivity contribution in [2.24, 2.45) is 4.99 Å². The largest absolute Gasteiger partial charge is 0.490 e. The highest BCUT2D eigenvalue weighted by Crippen LogP contribution is 2.28. The molecule has 0 aliphatic heterocycles. The van der Waals surface area contributed by atoms with Gasteiger partial charge in [-0.25, -0.2) is 0 Å². The normalized spacial score (nSPS) is 10.9. The monoisotopic (exact) mass is 527 g/mol. The molecular formula is C23H34IN3O3. The van der Waals surface area contributed by atoms with Crippen molar-refractivity contribution in [1.82, 2.24) is 10.6 Å². The summed E-state index contributed by atoms with van der Waals surface area (Å²) in [5.41, 5.74) is 3.55. The number of guanidine groups is 1. The zero-order valence-electron chi connectivity index (χ0n) is 18.4. The zero-order chi connectivity index (χ0) is 20.9. The van der Waals surface area contributed by atoms with Crippen LogP contribution in [0.1, 0.15) is 30.5 Å². The Hall–Kier alpha value is -2.00. The molecule has 166 valence electrons. The Bertz CT molecular complexity index is 767. The van der Waals surface area contributed by atoms with E-state index in [4.69, 9.17) is 14.2 Å². The van der Waals surface area contributed by atoms with Crippen LogP contribution in [0, 0.1) is 0 Å². The minimum Gasteiger partial charge on any atom is -0.490 e. The number of halogens is 1. The molecule has 0 amide bonds. The van der Waals surface area contributed by atoms with Crippen LogP contribution in [-0.4, -0.2) is 39.9 Å². The molecule has 2 N–H and O–H groups in total. The number of nitrogens with one attached hydrogen (secondary N) is 2. The first-order valence-electron chi connectivity index (χ1n) is 10.1. The van der Waals surface area contributed by atoms with E-state index in [1.54, 1.807) is 14.2 Å². The second-order valence-corrected chi connectivity index (χ2v) is 6.50. The quantitative estimate of drug-likeness (QED) is 0.261. The van der Waals surface area contributed by atoms with Gasteiger partial charge in [0.05, 0.1) is 19.8 Å². The molecular weight excluding hydrogens is 493 g/mol. The first-order chi connectivity index (χ1) is 14.2. The smallest absolute Gasteiger partial charge is 0.191 e. The van der Waals surface area contributed by atoms with Crippen LogP contribution in [0.25, 0.3) is 0 Å². The number of ether oxygens (including phenoxy) is 3.